The Morgan fingerprint density at radius 3 is 2.58 bits per heavy atom. The topological polar surface area (TPSA) is 49.6 Å². The zero-order chi connectivity index (χ0) is 14.5. The summed E-state index contributed by atoms with van der Waals surface area (Å²) in [6.45, 7) is 4.02. The van der Waals surface area contributed by atoms with E-state index in [4.69, 9.17) is 5.73 Å². The summed E-state index contributed by atoms with van der Waals surface area (Å²) in [6.07, 6.45) is 6.55. The Balaban J connectivity index is 2.45. The molecule has 0 saturated heterocycles. The highest BCUT2D eigenvalue weighted by Crippen LogP contribution is 2.35. The number of carbonyl (C=O) groups excluding carboxylic acids is 1. The van der Waals surface area contributed by atoms with E-state index >= 15 is 0 Å². The van der Waals surface area contributed by atoms with Gasteiger partial charge in [-0.2, -0.15) is 0 Å². The smallest absolute Gasteiger partial charge is 0.222 e. The van der Waals surface area contributed by atoms with Crippen molar-refractivity contribution in [3.63, 3.8) is 0 Å². The van der Waals surface area contributed by atoms with Gasteiger partial charge in [0.2, 0.25) is 5.91 Å². The standard InChI is InChI=1S/C15H31N3O/c1-13-7-5-9-15(11-13,12-16)18(4)10-6-8-14(19)17(2)3/h13H,5-12,16H2,1-4H3. The maximum atomic E-state index is 11.6. The highest BCUT2D eigenvalue weighted by atomic mass is 16.2. The Kier molecular flexibility index (Phi) is 6.27. The molecule has 1 aliphatic carbocycles. The lowest BCUT2D eigenvalue weighted by atomic mass is 9.75. The minimum atomic E-state index is 0.166. The average molecular weight is 269 g/mol. The molecule has 1 amide bonds. The summed E-state index contributed by atoms with van der Waals surface area (Å²) in [5.74, 6) is 0.982. The average Bonchev–Trinajstić information content (AvgIpc) is 2.38. The molecular formula is C15H31N3O. The summed E-state index contributed by atoms with van der Waals surface area (Å²) in [7, 11) is 5.80. The van der Waals surface area contributed by atoms with Crippen LogP contribution in [0.1, 0.15) is 45.4 Å². The van der Waals surface area contributed by atoms with Gasteiger partial charge in [0.1, 0.15) is 0 Å². The molecule has 0 bridgehead atoms. The first-order chi connectivity index (χ1) is 8.91. The largest absolute Gasteiger partial charge is 0.349 e. The number of amides is 1. The Bertz CT molecular complexity index is 293. The summed E-state index contributed by atoms with van der Waals surface area (Å²) >= 11 is 0. The number of carbonyl (C=O) groups is 1. The minimum Gasteiger partial charge on any atom is -0.349 e. The molecule has 0 heterocycles. The second kappa shape index (κ2) is 7.25. The third-order valence-electron chi connectivity index (χ3n) is 4.64. The lowest BCUT2D eigenvalue weighted by Crippen LogP contribution is -2.54. The molecule has 112 valence electrons. The molecule has 0 aromatic carbocycles. The van der Waals surface area contributed by atoms with Gasteiger partial charge >= 0.3 is 0 Å². The third kappa shape index (κ3) is 4.46. The van der Waals surface area contributed by atoms with Crippen molar-refractivity contribution >= 4 is 5.91 Å². The molecule has 0 spiro atoms. The van der Waals surface area contributed by atoms with Crippen molar-refractivity contribution in [3.05, 3.63) is 0 Å². The van der Waals surface area contributed by atoms with Crippen LogP contribution in [0.15, 0.2) is 0 Å². The fourth-order valence-corrected chi connectivity index (χ4v) is 3.25. The molecule has 0 radical (unpaired) electrons. The van der Waals surface area contributed by atoms with Crippen LogP contribution >= 0.6 is 0 Å². The maximum absolute atomic E-state index is 11.6. The van der Waals surface area contributed by atoms with Gasteiger partial charge in [-0.3, -0.25) is 9.69 Å². The monoisotopic (exact) mass is 269 g/mol. The van der Waals surface area contributed by atoms with Crippen molar-refractivity contribution in [2.24, 2.45) is 11.7 Å². The van der Waals surface area contributed by atoms with Crippen LogP contribution in [-0.4, -0.2) is 55.5 Å². The number of rotatable bonds is 6. The number of hydrogen-bond donors (Lipinski definition) is 1. The van der Waals surface area contributed by atoms with E-state index in [0.717, 1.165) is 25.4 Å². The van der Waals surface area contributed by atoms with E-state index in [-0.39, 0.29) is 11.4 Å². The quantitative estimate of drug-likeness (QED) is 0.798. The highest BCUT2D eigenvalue weighted by Gasteiger charge is 2.36. The van der Waals surface area contributed by atoms with Gasteiger partial charge in [-0.05, 0) is 38.8 Å². The van der Waals surface area contributed by atoms with E-state index in [1.54, 1.807) is 4.90 Å². The summed E-state index contributed by atoms with van der Waals surface area (Å²) in [4.78, 5) is 15.7. The predicted molar refractivity (Wildman–Crippen MR) is 80.0 cm³/mol. The summed E-state index contributed by atoms with van der Waals surface area (Å²) < 4.78 is 0. The van der Waals surface area contributed by atoms with Gasteiger partial charge in [0, 0.05) is 32.6 Å². The fraction of sp³-hybridized carbons (Fsp3) is 0.933. The summed E-state index contributed by atoms with van der Waals surface area (Å²) in [5.41, 5.74) is 6.23. The van der Waals surface area contributed by atoms with Crippen LogP contribution in [-0.2, 0) is 4.79 Å². The van der Waals surface area contributed by atoms with E-state index in [9.17, 15) is 4.79 Å². The molecule has 1 saturated carbocycles. The molecule has 1 rings (SSSR count). The van der Waals surface area contributed by atoms with Gasteiger partial charge < -0.3 is 10.6 Å². The first kappa shape index (κ1) is 16.4. The van der Waals surface area contributed by atoms with Crippen molar-refractivity contribution in [3.8, 4) is 0 Å². The maximum Gasteiger partial charge on any atom is 0.222 e. The first-order valence-electron chi connectivity index (χ1n) is 7.53. The van der Waals surface area contributed by atoms with Gasteiger partial charge in [0.25, 0.3) is 0 Å². The van der Waals surface area contributed by atoms with E-state index in [0.29, 0.717) is 6.42 Å². The zero-order valence-corrected chi connectivity index (χ0v) is 13.1. The predicted octanol–water partition coefficient (Wildman–Crippen LogP) is 1.69. The van der Waals surface area contributed by atoms with Crippen molar-refractivity contribution in [2.75, 3.05) is 34.2 Å². The Morgan fingerprint density at radius 2 is 2.05 bits per heavy atom. The molecule has 19 heavy (non-hydrogen) atoms. The van der Waals surface area contributed by atoms with Crippen molar-refractivity contribution in [1.82, 2.24) is 9.80 Å². The van der Waals surface area contributed by atoms with Crippen molar-refractivity contribution in [2.45, 2.75) is 51.0 Å². The van der Waals surface area contributed by atoms with Crippen LogP contribution < -0.4 is 5.73 Å². The SMILES string of the molecule is CC1CCCC(CN)(N(C)CCCC(=O)N(C)C)C1. The lowest BCUT2D eigenvalue weighted by molar-refractivity contribution is -0.128. The van der Waals surface area contributed by atoms with Crippen LogP contribution in [0.3, 0.4) is 0 Å². The Morgan fingerprint density at radius 1 is 1.37 bits per heavy atom. The second-order valence-electron chi connectivity index (χ2n) is 6.44. The number of hydrogen-bond acceptors (Lipinski definition) is 3. The van der Waals surface area contributed by atoms with Gasteiger partial charge in [-0.15, -0.1) is 0 Å². The van der Waals surface area contributed by atoms with Crippen LogP contribution in [0.25, 0.3) is 0 Å². The molecule has 2 atom stereocenters. The molecule has 0 aliphatic heterocycles. The molecule has 2 N–H and O–H groups in total. The normalized spacial score (nSPS) is 27.6. The molecule has 1 fully saturated rings. The van der Waals surface area contributed by atoms with Gasteiger partial charge in [-0.1, -0.05) is 19.8 Å². The van der Waals surface area contributed by atoms with Crippen LogP contribution in [0.2, 0.25) is 0 Å². The van der Waals surface area contributed by atoms with Crippen molar-refractivity contribution in [1.29, 1.82) is 0 Å². The number of nitrogens with zero attached hydrogens (tertiary/aromatic N) is 2. The minimum absolute atomic E-state index is 0.166. The van der Waals surface area contributed by atoms with Crippen LogP contribution in [0.4, 0.5) is 0 Å². The van der Waals surface area contributed by atoms with E-state index in [1.165, 1.54) is 25.7 Å². The molecule has 0 aromatic heterocycles. The summed E-state index contributed by atoms with van der Waals surface area (Å²) in [6, 6.07) is 0. The van der Waals surface area contributed by atoms with Crippen LogP contribution in [0.5, 0.6) is 0 Å². The highest BCUT2D eigenvalue weighted by molar-refractivity contribution is 5.75. The molecule has 4 heteroatoms. The van der Waals surface area contributed by atoms with Gasteiger partial charge in [0.05, 0.1) is 0 Å². The Hall–Kier alpha value is -0.610. The Labute approximate surface area is 118 Å². The van der Waals surface area contributed by atoms with E-state index in [2.05, 4.69) is 18.9 Å². The van der Waals surface area contributed by atoms with E-state index < -0.39 is 0 Å². The molecular weight excluding hydrogens is 238 g/mol. The van der Waals surface area contributed by atoms with Gasteiger partial charge in [0.15, 0.2) is 0 Å². The van der Waals surface area contributed by atoms with Gasteiger partial charge in [-0.25, -0.2) is 0 Å². The molecule has 0 aromatic rings. The fourth-order valence-electron chi connectivity index (χ4n) is 3.25. The number of nitrogens with two attached hydrogens (primary N) is 1. The van der Waals surface area contributed by atoms with E-state index in [1.807, 2.05) is 14.1 Å². The van der Waals surface area contributed by atoms with Crippen LogP contribution in [0, 0.1) is 5.92 Å². The molecule has 2 unspecified atom stereocenters. The molecule has 4 nitrogen and oxygen atoms in total. The number of likely N-dealkylation sites (N-methyl/N-ethyl adjacent to an activating group) is 1. The van der Waals surface area contributed by atoms with Crippen molar-refractivity contribution < 1.29 is 4.79 Å². The summed E-state index contributed by atoms with van der Waals surface area (Å²) in [5, 5.41) is 0. The lowest BCUT2D eigenvalue weighted by Gasteiger charge is -2.46. The molecule has 1 aliphatic rings. The first-order valence-corrected chi connectivity index (χ1v) is 7.53. The second-order valence-corrected chi connectivity index (χ2v) is 6.44. The third-order valence-corrected chi connectivity index (χ3v) is 4.64. The zero-order valence-electron chi connectivity index (χ0n) is 13.1.